The van der Waals surface area contributed by atoms with E-state index < -0.39 is 5.92 Å². The van der Waals surface area contributed by atoms with Crippen molar-refractivity contribution in [2.45, 2.75) is 25.2 Å². The molecule has 0 saturated carbocycles. The molecule has 1 unspecified atom stereocenters. The van der Waals surface area contributed by atoms with E-state index in [1.165, 1.54) is 11.1 Å². The normalized spacial score (nSPS) is 14.3. The maximum atomic E-state index is 12.6. The molecule has 2 aromatic rings. The summed E-state index contributed by atoms with van der Waals surface area (Å²) in [6.07, 6.45) is 3.24. The first-order valence-electron chi connectivity index (χ1n) is 7.00. The predicted octanol–water partition coefficient (Wildman–Crippen LogP) is 4.32. The number of aryl methyl sites for hydroxylation is 2. The molecule has 0 heterocycles. The Hall–Kier alpha value is -2.11. The largest absolute Gasteiger partial charge is 0.292 e. The summed E-state index contributed by atoms with van der Waals surface area (Å²) in [6.45, 7) is 0. The SMILES string of the molecule is N#CC(C(=O)c1ccc2c(c1)CCC2)c1cccc(Cl)c1. The van der Waals surface area contributed by atoms with Gasteiger partial charge in [0.05, 0.1) is 6.07 Å². The highest BCUT2D eigenvalue weighted by Gasteiger charge is 2.23. The van der Waals surface area contributed by atoms with Gasteiger partial charge in [-0.05, 0) is 54.2 Å². The lowest BCUT2D eigenvalue weighted by Gasteiger charge is -2.10. The van der Waals surface area contributed by atoms with Crippen molar-refractivity contribution in [1.82, 2.24) is 0 Å². The van der Waals surface area contributed by atoms with Crippen LogP contribution in [-0.4, -0.2) is 5.78 Å². The van der Waals surface area contributed by atoms with E-state index in [0.717, 1.165) is 19.3 Å². The van der Waals surface area contributed by atoms with Gasteiger partial charge in [-0.1, -0.05) is 35.9 Å². The van der Waals surface area contributed by atoms with Gasteiger partial charge >= 0.3 is 0 Å². The van der Waals surface area contributed by atoms with Gasteiger partial charge in [-0.25, -0.2) is 0 Å². The van der Waals surface area contributed by atoms with E-state index in [9.17, 15) is 10.1 Å². The van der Waals surface area contributed by atoms with Crippen LogP contribution >= 0.6 is 11.6 Å². The average molecular weight is 296 g/mol. The topological polar surface area (TPSA) is 40.9 Å². The molecule has 0 fully saturated rings. The zero-order valence-corrected chi connectivity index (χ0v) is 12.2. The lowest BCUT2D eigenvalue weighted by atomic mass is 9.90. The van der Waals surface area contributed by atoms with Gasteiger partial charge in [0, 0.05) is 10.6 Å². The number of ketones is 1. The van der Waals surface area contributed by atoms with Crippen LogP contribution in [0.2, 0.25) is 5.02 Å². The zero-order valence-electron chi connectivity index (χ0n) is 11.5. The van der Waals surface area contributed by atoms with Crippen molar-refractivity contribution >= 4 is 17.4 Å². The van der Waals surface area contributed by atoms with E-state index in [2.05, 4.69) is 6.07 Å². The van der Waals surface area contributed by atoms with Gasteiger partial charge in [0.15, 0.2) is 5.78 Å². The van der Waals surface area contributed by atoms with Crippen LogP contribution in [0.3, 0.4) is 0 Å². The Bertz CT molecular complexity index is 745. The van der Waals surface area contributed by atoms with Crippen molar-refractivity contribution in [2.75, 3.05) is 0 Å². The van der Waals surface area contributed by atoms with Crippen molar-refractivity contribution in [3.63, 3.8) is 0 Å². The molecule has 1 aliphatic rings. The predicted molar refractivity (Wildman–Crippen MR) is 82.6 cm³/mol. The summed E-state index contributed by atoms with van der Waals surface area (Å²) >= 11 is 5.95. The molecule has 2 nitrogen and oxygen atoms in total. The van der Waals surface area contributed by atoms with Crippen molar-refractivity contribution in [1.29, 1.82) is 5.26 Å². The molecule has 0 amide bonds. The molecular formula is C18H14ClNO. The molecule has 0 saturated heterocycles. The third kappa shape index (κ3) is 2.70. The fourth-order valence-electron chi connectivity index (χ4n) is 2.86. The Morgan fingerprint density at radius 3 is 2.71 bits per heavy atom. The van der Waals surface area contributed by atoms with Crippen molar-refractivity contribution < 1.29 is 4.79 Å². The maximum absolute atomic E-state index is 12.6. The number of carbonyl (C=O) groups is 1. The second-order valence-corrected chi connectivity index (χ2v) is 5.75. The number of fused-ring (bicyclic) bond motifs is 1. The molecule has 1 aliphatic carbocycles. The van der Waals surface area contributed by atoms with Gasteiger partial charge < -0.3 is 0 Å². The third-order valence-electron chi connectivity index (χ3n) is 3.96. The summed E-state index contributed by atoms with van der Waals surface area (Å²) in [5, 5.41) is 9.92. The number of nitriles is 1. The monoisotopic (exact) mass is 295 g/mol. The molecule has 0 aromatic heterocycles. The molecule has 1 atom stereocenters. The first-order valence-corrected chi connectivity index (χ1v) is 7.38. The molecule has 0 N–H and O–H groups in total. The van der Waals surface area contributed by atoms with Crippen molar-refractivity contribution in [2.24, 2.45) is 0 Å². The first kappa shape index (κ1) is 13.9. The second-order valence-electron chi connectivity index (χ2n) is 5.32. The maximum Gasteiger partial charge on any atom is 0.184 e. The fourth-order valence-corrected chi connectivity index (χ4v) is 3.06. The molecule has 2 aromatic carbocycles. The van der Waals surface area contributed by atoms with E-state index in [-0.39, 0.29) is 5.78 Å². The van der Waals surface area contributed by atoms with Crippen LogP contribution in [0.15, 0.2) is 42.5 Å². The van der Waals surface area contributed by atoms with Crippen molar-refractivity contribution in [3.05, 3.63) is 69.7 Å². The van der Waals surface area contributed by atoms with Crippen LogP contribution in [0.1, 0.15) is 39.4 Å². The van der Waals surface area contributed by atoms with Crippen LogP contribution in [0, 0.1) is 11.3 Å². The number of hydrogen-bond acceptors (Lipinski definition) is 2. The molecule has 21 heavy (non-hydrogen) atoms. The van der Waals surface area contributed by atoms with Crippen LogP contribution in [0.5, 0.6) is 0 Å². The second kappa shape index (κ2) is 5.71. The summed E-state index contributed by atoms with van der Waals surface area (Å²) in [4.78, 5) is 12.6. The van der Waals surface area contributed by atoms with Crippen LogP contribution in [0.25, 0.3) is 0 Å². The first-order chi connectivity index (χ1) is 10.2. The lowest BCUT2D eigenvalue weighted by molar-refractivity contribution is 0.0979. The van der Waals surface area contributed by atoms with Crippen LogP contribution < -0.4 is 0 Å². The quantitative estimate of drug-likeness (QED) is 0.791. The Morgan fingerprint density at radius 2 is 1.95 bits per heavy atom. The number of nitrogens with zero attached hydrogens (tertiary/aromatic N) is 1. The highest BCUT2D eigenvalue weighted by Crippen LogP contribution is 2.27. The number of benzene rings is 2. The minimum absolute atomic E-state index is 0.158. The van der Waals surface area contributed by atoms with E-state index in [1.54, 1.807) is 24.3 Å². The average Bonchev–Trinajstić information content (AvgIpc) is 2.95. The van der Waals surface area contributed by atoms with Crippen LogP contribution in [-0.2, 0) is 12.8 Å². The van der Waals surface area contributed by atoms with Gasteiger partial charge in [-0.15, -0.1) is 0 Å². The minimum Gasteiger partial charge on any atom is -0.292 e. The smallest absolute Gasteiger partial charge is 0.184 e. The van der Waals surface area contributed by atoms with E-state index in [4.69, 9.17) is 11.6 Å². The molecule has 104 valence electrons. The van der Waals surface area contributed by atoms with Gasteiger partial charge in [0.2, 0.25) is 0 Å². The highest BCUT2D eigenvalue weighted by atomic mass is 35.5. The third-order valence-corrected chi connectivity index (χ3v) is 4.19. The number of Topliss-reactive ketones (excluding diaryl/α,β-unsaturated/α-hetero) is 1. The summed E-state index contributed by atoms with van der Waals surface area (Å²) in [5.74, 6) is -0.961. The molecule has 0 bridgehead atoms. The zero-order chi connectivity index (χ0) is 14.8. The summed E-state index contributed by atoms with van der Waals surface area (Å²) in [6, 6.07) is 14.8. The number of carbonyl (C=O) groups excluding carboxylic acids is 1. The summed E-state index contributed by atoms with van der Waals surface area (Å²) < 4.78 is 0. The number of hydrogen-bond donors (Lipinski definition) is 0. The molecule has 0 spiro atoms. The summed E-state index contributed by atoms with van der Waals surface area (Å²) in [7, 11) is 0. The van der Waals surface area contributed by atoms with Gasteiger partial charge in [0.25, 0.3) is 0 Å². The Morgan fingerprint density at radius 1 is 1.14 bits per heavy atom. The van der Waals surface area contributed by atoms with Crippen LogP contribution in [0.4, 0.5) is 0 Å². The van der Waals surface area contributed by atoms with E-state index in [0.29, 0.717) is 16.1 Å². The minimum atomic E-state index is -0.803. The van der Waals surface area contributed by atoms with Crippen molar-refractivity contribution in [3.8, 4) is 6.07 Å². The van der Waals surface area contributed by atoms with Gasteiger partial charge in [-0.2, -0.15) is 5.26 Å². The molecular weight excluding hydrogens is 282 g/mol. The standard InChI is InChI=1S/C18H14ClNO/c19-16-6-2-5-14(10-16)17(11-20)18(21)15-8-7-12-3-1-4-13(12)9-15/h2,5-10,17H,1,3-4H2. The number of rotatable bonds is 3. The summed E-state index contributed by atoms with van der Waals surface area (Å²) in [5.41, 5.74) is 3.82. The molecule has 3 rings (SSSR count). The number of halogens is 1. The molecule has 3 heteroatoms. The fraction of sp³-hybridized carbons (Fsp3) is 0.222. The lowest BCUT2D eigenvalue weighted by Crippen LogP contribution is -2.11. The Labute approximate surface area is 129 Å². The van der Waals surface area contributed by atoms with E-state index in [1.807, 2.05) is 18.2 Å². The van der Waals surface area contributed by atoms with Gasteiger partial charge in [0.1, 0.15) is 5.92 Å². The van der Waals surface area contributed by atoms with Gasteiger partial charge in [-0.3, -0.25) is 4.79 Å². The Balaban J connectivity index is 1.95. The molecule has 0 aliphatic heterocycles. The highest BCUT2D eigenvalue weighted by molar-refractivity contribution is 6.30. The Kier molecular flexibility index (Phi) is 3.77. The molecule has 0 radical (unpaired) electrons. The van der Waals surface area contributed by atoms with E-state index >= 15 is 0 Å².